The maximum Gasteiger partial charge on any atom is 0.272 e. The zero-order valence-corrected chi connectivity index (χ0v) is 7.19. The van der Waals surface area contributed by atoms with Crippen LogP contribution in [-0.4, -0.2) is 11.2 Å². The Bertz CT molecular complexity index is 347. The third-order valence-electron chi connectivity index (χ3n) is 1.79. The molecule has 0 fully saturated rings. The van der Waals surface area contributed by atoms with Crippen molar-refractivity contribution in [2.45, 2.75) is 13.3 Å². The van der Waals surface area contributed by atoms with E-state index in [9.17, 15) is 14.9 Å². The molecule has 0 heterocycles. The first-order chi connectivity index (χ1) is 6.15. The van der Waals surface area contributed by atoms with Gasteiger partial charge in [-0.25, -0.2) is 0 Å². The van der Waals surface area contributed by atoms with Crippen LogP contribution in [0, 0.1) is 17.0 Å². The van der Waals surface area contributed by atoms with Gasteiger partial charge in [0.1, 0.15) is 6.29 Å². The zero-order valence-electron chi connectivity index (χ0n) is 7.19. The number of carbonyl (C=O) groups excluding carboxylic acids is 1. The maximum absolute atomic E-state index is 10.5. The molecule has 4 heteroatoms. The summed E-state index contributed by atoms with van der Waals surface area (Å²) >= 11 is 0. The van der Waals surface area contributed by atoms with E-state index in [-0.39, 0.29) is 12.1 Å². The number of nitro benzene ring substituents is 1. The van der Waals surface area contributed by atoms with E-state index in [1.165, 1.54) is 6.07 Å². The van der Waals surface area contributed by atoms with Gasteiger partial charge in [0.05, 0.1) is 4.92 Å². The number of nitrogens with zero attached hydrogens (tertiary/aromatic N) is 1. The highest BCUT2D eigenvalue weighted by molar-refractivity contribution is 5.56. The van der Waals surface area contributed by atoms with Gasteiger partial charge in [0.15, 0.2) is 0 Å². The van der Waals surface area contributed by atoms with E-state index in [0.29, 0.717) is 11.1 Å². The van der Waals surface area contributed by atoms with Crippen LogP contribution in [0.2, 0.25) is 0 Å². The van der Waals surface area contributed by atoms with Crippen molar-refractivity contribution in [3.8, 4) is 0 Å². The minimum Gasteiger partial charge on any atom is -0.303 e. The topological polar surface area (TPSA) is 60.2 Å². The number of hydrogen-bond donors (Lipinski definition) is 0. The van der Waals surface area contributed by atoms with Gasteiger partial charge in [-0.3, -0.25) is 10.1 Å². The monoisotopic (exact) mass is 179 g/mol. The van der Waals surface area contributed by atoms with Crippen LogP contribution < -0.4 is 0 Å². The first-order valence-corrected chi connectivity index (χ1v) is 3.82. The molecule has 0 aromatic heterocycles. The van der Waals surface area contributed by atoms with E-state index in [2.05, 4.69) is 0 Å². The largest absolute Gasteiger partial charge is 0.303 e. The second-order valence-corrected chi connectivity index (χ2v) is 2.75. The van der Waals surface area contributed by atoms with E-state index in [4.69, 9.17) is 0 Å². The van der Waals surface area contributed by atoms with Crippen molar-refractivity contribution >= 4 is 12.0 Å². The summed E-state index contributed by atoms with van der Waals surface area (Å²) in [5.74, 6) is 0. The van der Waals surface area contributed by atoms with Crippen molar-refractivity contribution in [3.63, 3.8) is 0 Å². The molecule has 0 amide bonds. The van der Waals surface area contributed by atoms with E-state index < -0.39 is 4.92 Å². The van der Waals surface area contributed by atoms with Gasteiger partial charge in [-0.1, -0.05) is 12.1 Å². The predicted molar refractivity (Wildman–Crippen MR) is 47.6 cm³/mol. The Hall–Kier alpha value is -1.71. The van der Waals surface area contributed by atoms with Crippen molar-refractivity contribution in [1.82, 2.24) is 0 Å². The summed E-state index contributed by atoms with van der Waals surface area (Å²) in [6.07, 6.45) is 0.954. The van der Waals surface area contributed by atoms with Crippen molar-refractivity contribution < 1.29 is 9.72 Å². The Morgan fingerprint density at radius 1 is 1.54 bits per heavy atom. The van der Waals surface area contributed by atoms with Crippen molar-refractivity contribution in [2.24, 2.45) is 0 Å². The Morgan fingerprint density at radius 3 is 2.77 bits per heavy atom. The summed E-state index contributed by atoms with van der Waals surface area (Å²) in [5, 5.41) is 10.5. The highest BCUT2D eigenvalue weighted by Gasteiger charge is 2.10. The molecule has 0 atom stereocenters. The molecule has 0 saturated heterocycles. The van der Waals surface area contributed by atoms with E-state index in [1.54, 1.807) is 19.1 Å². The lowest BCUT2D eigenvalue weighted by atomic mass is 10.1. The lowest BCUT2D eigenvalue weighted by Crippen LogP contribution is -1.94. The first-order valence-electron chi connectivity index (χ1n) is 3.82. The Balaban J connectivity index is 3.10. The minimum absolute atomic E-state index is 0.0688. The number of aldehydes is 1. The fraction of sp³-hybridized carbons (Fsp3) is 0.222. The summed E-state index contributed by atoms with van der Waals surface area (Å²) in [7, 11) is 0. The third-order valence-corrected chi connectivity index (χ3v) is 1.79. The summed E-state index contributed by atoms with van der Waals surface area (Å²) in [6, 6.07) is 4.80. The number of hydrogen-bond acceptors (Lipinski definition) is 3. The molecular weight excluding hydrogens is 170 g/mol. The molecular formula is C9H9NO3. The Kier molecular flexibility index (Phi) is 2.74. The van der Waals surface area contributed by atoms with Crippen molar-refractivity contribution in [2.75, 3.05) is 0 Å². The third kappa shape index (κ3) is 2.11. The molecule has 0 aliphatic carbocycles. The molecule has 0 unspecified atom stereocenters. The average Bonchev–Trinajstić information content (AvgIpc) is 2.08. The van der Waals surface area contributed by atoms with Gasteiger partial charge in [-0.2, -0.15) is 0 Å². The van der Waals surface area contributed by atoms with Crippen LogP contribution in [0.25, 0.3) is 0 Å². The van der Waals surface area contributed by atoms with Crippen LogP contribution >= 0.6 is 0 Å². The van der Waals surface area contributed by atoms with Gasteiger partial charge in [0, 0.05) is 18.1 Å². The molecule has 0 radical (unpaired) electrons. The predicted octanol–water partition coefficient (Wildman–Crippen LogP) is 1.64. The van der Waals surface area contributed by atoms with Gasteiger partial charge in [0.25, 0.3) is 5.69 Å². The molecule has 1 aromatic rings. The Labute approximate surface area is 75.3 Å². The Morgan fingerprint density at radius 2 is 2.23 bits per heavy atom. The first kappa shape index (κ1) is 9.38. The van der Waals surface area contributed by atoms with E-state index >= 15 is 0 Å². The second-order valence-electron chi connectivity index (χ2n) is 2.75. The highest BCUT2D eigenvalue weighted by atomic mass is 16.6. The molecule has 0 N–H and O–H groups in total. The van der Waals surface area contributed by atoms with Crippen molar-refractivity contribution in [3.05, 3.63) is 39.4 Å². The van der Waals surface area contributed by atoms with Gasteiger partial charge < -0.3 is 4.79 Å². The van der Waals surface area contributed by atoms with Crippen LogP contribution in [0.4, 0.5) is 5.69 Å². The molecule has 0 bridgehead atoms. The number of benzene rings is 1. The zero-order chi connectivity index (χ0) is 9.84. The van der Waals surface area contributed by atoms with Crippen LogP contribution in [-0.2, 0) is 11.2 Å². The fourth-order valence-electron chi connectivity index (χ4n) is 1.07. The average molecular weight is 179 g/mol. The van der Waals surface area contributed by atoms with Gasteiger partial charge in [0.2, 0.25) is 0 Å². The van der Waals surface area contributed by atoms with Crippen LogP contribution in [0.5, 0.6) is 0 Å². The summed E-state index contributed by atoms with van der Waals surface area (Å²) in [5.41, 5.74) is 1.35. The molecule has 1 rings (SSSR count). The van der Waals surface area contributed by atoms with Gasteiger partial charge in [-0.05, 0) is 12.5 Å². The molecule has 0 aliphatic heterocycles. The lowest BCUT2D eigenvalue weighted by molar-refractivity contribution is -0.385. The number of aryl methyl sites for hydroxylation is 1. The summed E-state index contributed by atoms with van der Waals surface area (Å²) < 4.78 is 0. The molecule has 0 aliphatic rings. The van der Waals surface area contributed by atoms with E-state index in [0.717, 1.165) is 6.29 Å². The lowest BCUT2D eigenvalue weighted by Gasteiger charge is -1.98. The molecule has 68 valence electrons. The SMILES string of the molecule is Cc1ccc(CC=O)cc1[N+](=O)[O-]. The molecule has 0 spiro atoms. The number of carbonyl (C=O) groups is 1. The molecule has 0 saturated carbocycles. The molecule has 4 nitrogen and oxygen atoms in total. The summed E-state index contributed by atoms with van der Waals surface area (Å²) in [6.45, 7) is 1.67. The molecule has 1 aromatic carbocycles. The van der Waals surface area contributed by atoms with Crippen LogP contribution in [0.15, 0.2) is 18.2 Å². The normalized spacial score (nSPS) is 9.62. The quantitative estimate of drug-likeness (QED) is 0.402. The smallest absolute Gasteiger partial charge is 0.272 e. The highest BCUT2D eigenvalue weighted by Crippen LogP contribution is 2.18. The van der Waals surface area contributed by atoms with Gasteiger partial charge in [-0.15, -0.1) is 0 Å². The van der Waals surface area contributed by atoms with Crippen molar-refractivity contribution in [1.29, 1.82) is 0 Å². The number of rotatable bonds is 3. The standard InChI is InChI=1S/C9H9NO3/c1-7-2-3-8(4-5-11)6-9(7)10(12)13/h2-3,5-6H,4H2,1H3. The van der Waals surface area contributed by atoms with Crippen LogP contribution in [0.3, 0.4) is 0 Å². The molecule has 13 heavy (non-hydrogen) atoms. The number of nitro groups is 1. The maximum atomic E-state index is 10.5. The van der Waals surface area contributed by atoms with Gasteiger partial charge >= 0.3 is 0 Å². The minimum atomic E-state index is -0.441. The second kappa shape index (κ2) is 3.80. The van der Waals surface area contributed by atoms with Crippen LogP contribution in [0.1, 0.15) is 11.1 Å². The van der Waals surface area contributed by atoms with E-state index in [1.807, 2.05) is 0 Å². The fourth-order valence-corrected chi connectivity index (χ4v) is 1.07. The summed E-state index contributed by atoms with van der Waals surface area (Å²) in [4.78, 5) is 20.2.